The maximum absolute atomic E-state index is 13.0. The summed E-state index contributed by atoms with van der Waals surface area (Å²) in [5.41, 5.74) is 2.65. The topological polar surface area (TPSA) is 237 Å². The molecule has 1 unspecified atom stereocenters. The number of aromatic carboxylic acids is 1. The van der Waals surface area contributed by atoms with Crippen LogP contribution in [-0.2, 0) is 60.6 Å². The Kier molecular flexibility index (Phi) is 23.6. The molecule has 3 aromatic carbocycles. The van der Waals surface area contributed by atoms with Gasteiger partial charge in [-0.05, 0) is 60.0 Å². The molecular weight excluding hydrogens is 900 g/mol. The Hall–Kier alpha value is -5.42. The number of halogens is 1. The van der Waals surface area contributed by atoms with E-state index in [1.54, 1.807) is 42.5 Å². The number of nitrogens with zero attached hydrogens (tertiary/aromatic N) is 1. The van der Waals surface area contributed by atoms with E-state index >= 15 is 0 Å². The molecule has 0 spiro atoms. The van der Waals surface area contributed by atoms with E-state index in [1.807, 2.05) is 6.07 Å². The number of anilines is 1. The van der Waals surface area contributed by atoms with Crippen molar-refractivity contribution in [3.05, 3.63) is 87.9 Å². The van der Waals surface area contributed by atoms with Crippen molar-refractivity contribution in [2.45, 2.75) is 32.0 Å². The summed E-state index contributed by atoms with van der Waals surface area (Å²) in [7, 11) is 0. The van der Waals surface area contributed by atoms with Gasteiger partial charge in [-0.25, -0.2) is 9.59 Å². The lowest BCUT2D eigenvalue weighted by molar-refractivity contribution is -0.136. The number of nitrogens with one attached hydrogen (secondary N) is 3. The lowest BCUT2D eigenvalue weighted by atomic mass is 10.0. The van der Waals surface area contributed by atoms with Gasteiger partial charge in [0, 0.05) is 41.9 Å². The molecule has 366 valence electrons. The van der Waals surface area contributed by atoms with E-state index in [0.717, 1.165) is 11.1 Å². The molecule has 5 amide bonds. The first-order chi connectivity index (χ1) is 32.7. The van der Waals surface area contributed by atoms with Crippen molar-refractivity contribution in [2.75, 3.05) is 124 Å². The number of rotatable bonds is 34. The van der Waals surface area contributed by atoms with Gasteiger partial charge in [-0.2, -0.15) is 0 Å². The maximum Gasteiger partial charge on any atom is 0.335 e. The summed E-state index contributed by atoms with van der Waals surface area (Å²) in [4.78, 5) is 61.9. The van der Waals surface area contributed by atoms with Crippen LogP contribution in [0, 0.1) is 0 Å². The van der Waals surface area contributed by atoms with Gasteiger partial charge in [0.15, 0.2) is 0 Å². The molecule has 1 atom stereocenters. The van der Waals surface area contributed by atoms with E-state index in [2.05, 4.69) is 16.0 Å². The maximum atomic E-state index is 13.0. The van der Waals surface area contributed by atoms with Crippen molar-refractivity contribution in [1.82, 2.24) is 15.5 Å². The minimum Gasteiger partial charge on any atom is -0.491 e. The van der Waals surface area contributed by atoms with E-state index in [1.165, 1.54) is 17.0 Å². The van der Waals surface area contributed by atoms with Gasteiger partial charge >= 0.3 is 12.0 Å². The molecular formula is C46H59ClN4O16. The van der Waals surface area contributed by atoms with Crippen LogP contribution < -0.4 is 25.4 Å². The first kappa shape index (κ1) is 52.5. The van der Waals surface area contributed by atoms with E-state index in [9.17, 15) is 24.0 Å². The number of amides is 5. The van der Waals surface area contributed by atoms with E-state index in [4.69, 9.17) is 64.1 Å². The number of urea groups is 1. The molecule has 3 aromatic rings. The number of carboxylic acids is 1. The summed E-state index contributed by atoms with van der Waals surface area (Å²) in [6.07, 6.45) is 0.465. The Morgan fingerprint density at radius 2 is 1.15 bits per heavy atom. The third kappa shape index (κ3) is 19.8. The van der Waals surface area contributed by atoms with Crippen LogP contribution in [0.4, 0.5) is 10.5 Å². The number of hydrogen-bond donors (Lipinski definition) is 4. The smallest absolute Gasteiger partial charge is 0.335 e. The Morgan fingerprint density at radius 1 is 0.642 bits per heavy atom. The number of benzene rings is 3. The second-order valence-corrected chi connectivity index (χ2v) is 15.2. The summed E-state index contributed by atoms with van der Waals surface area (Å²) in [5.74, 6) is -1.01. The molecule has 4 N–H and O–H groups in total. The molecule has 0 aliphatic carbocycles. The Balaban J connectivity index is 0.762. The first-order valence-corrected chi connectivity index (χ1v) is 22.4. The van der Waals surface area contributed by atoms with Gasteiger partial charge in [-0.15, -0.1) is 0 Å². The fraction of sp³-hybridized carbons (Fsp3) is 0.500. The zero-order chi connectivity index (χ0) is 47.5. The summed E-state index contributed by atoms with van der Waals surface area (Å²) in [6.45, 7) is 7.74. The fourth-order valence-corrected chi connectivity index (χ4v) is 6.81. The zero-order valence-corrected chi connectivity index (χ0v) is 38.1. The number of carboxylic acid groups (broad SMARTS) is 1. The minimum atomic E-state index is -0.979. The van der Waals surface area contributed by atoms with Crippen molar-refractivity contribution in [2.24, 2.45) is 0 Å². The number of fused-ring (bicyclic) bond motifs is 1. The highest BCUT2D eigenvalue weighted by Gasteiger charge is 2.39. The fourth-order valence-electron chi connectivity index (χ4n) is 6.59. The molecule has 21 heteroatoms. The summed E-state index contributed by atoms with van der Waals surface area (Å²) in [6, 6.07) is 15.2. The Bertz CT molecular complexity index is 2030. The number of hydrogen-bond acceptors (Lipinski definition) is 15. The van der Waals surface area contributed by atoms with Gasteiger partial charge in [0.2, 0.25) is 11.8 Å². The van der Waals surface area contributed by atoms with Crippen LogP contribution in [0.15, 0.2) is 60.7 Å². The average Bonchev–Trinajstić information content (AvgIpc) is 3.63. The molecule has 1 saturated heterocycles. The number of ether oxygens (including phenoxy) is 10. The van der Waals surface area contributed by atoms with Crippen molar-refractivity contribution < 1.29 is 76.4 Å². The standard InChI is InChI=1S/C46H59ClN4O16/c47-36-28-37(49-46(57)48-31-33-1-6-40-35(27-33)32-51(44(40)54)41-7-8-42(52)50-43(41)53)30-39(29-36)67-26-24-65-22-20-63-18-16-61-14-12-59-10-9-58-11-13-60-15-17-62-19-21-64-23-25-66-38-4-2-34(3-5-38)45(55)56/h1-6,27-30,41H,7-26,31-32H2,(H,55,56)(H2,48,49,57)(H,50,52,53). The van der Waals surface area contributed by atoms with Gasteiger partial charge in [0.25, 0.3) is 5.91 Å². The molecule has 2 heterocycles. The van der Waals surface area contributed by atoms with Crippen molar-refractivity contribution in [3.63, 3.8) is 0 Å². The predicted octanol–water partition coefficient (Wildman–Crippen LogP) is 3.71. The normalized spacial score (nSPS) is 14.5. The molecule has 67 heavy (non-hydrogen) atoms. The van der Waals surface area contributed by atoms with Crippen LogP contribution in [0.3, 0.4) is 0 Å². The lowest BCUT2D eigenvalue weighted by Crippen LogP contribution is -2.52. The van der Waals surface area contributed by atoms with Gasteiger partial charge in [0.05, 0.1) is 111 Å². The number of imide groups is 1. The Morgan fingerprint density at radius 3 is 1.66 bits per heavy atom. The highest BCUT2D eigenvalue weighted by atomic mass is 35.5. The molecule has 20 nitrogen and oxygen atoms in total. The van der Waals surface area contributed by atoms with E-state index < -0.39 is 23.9 Å². The molecule has 0 radical (unpaired) electrons. The SMILES string of the molecule is O=C1CCC(N2Cc3cc(CNC(=O)Nc4cc(Cl)cc(OCCOCCOCCOCCOCCOCCOCCOCCOCCOc5ccc(C(=O)O)cc5)c4)ccc3C2=O)C(=O)N1. The molecule has 1 fully saturated rings. The lowest BCUT2D eigenvalue weighted by Gasteiger charge is -2.29. The zero-order valence-electron chi connectivity index (χ0n) is 37.3. The average molecular weight is 959 g/mol. The third-order valence-corrected chi connectivity index (χ3v) is 10.1. The molecule has 2 aliphatic heterocycles. The van der Waals surface area contributed by atoms with Gasteiger partial charge in [0.1, 0.15) is 30.8 Å². The second kappa shape index (κ2) is 30.1. The van der Waals surface area contributed by atoms with Crippen molar-refractivity contribution >= 4 is 47.0 Å². The van der Waals surface area contributed by atoms with Gasteiger partial charge < -0.3 is 68.0 Å². The van der Waals surface area contributed by atoms with Crippen molar-refractivity contribution in [3.8, 4) is 11.5 Å². The van der Waals surface area contributed by atoms with Crippen LogP contribution in [0.1, 0.15) is 44.7 Å². The monoisotopic (exact) mass is 958 g/mol. The van der Waals surface area contributed by atoms with Gasteiger partial charge in [-0.3, -0.25) is 19.7 Å². The number of piperidine rings is 1. The van der Waals surface area contributed by atoms with Crippen LogP contribution in [0.2, 0.25) is 5.02 Å². The molecule has 0 bridgehead atoms. The largest absolute Gasteiger partial charge is 0.491 e. The van der Waals surface area contributed by atoms with Crippen molar-refractivity contribution in [1.29, 1.82) is 0 Å². The van der Waals surface area contributed by atoms with E-state index in [-0.39, 0.29) is 49.9 Å². The molecule has 5 rings (SSSR count). The molecule has 2 aliphatic rings. The van der Waals surface area contributed by atoms with Crippen LogP contribution in [0.25, 0.3) is 0 Å². The number of carbonyl (C=O) groups excluding carboxylic acids is 4. The molecule has 0 aromatic heterocycles. The van der Waals surface area contributed by atoms with Crippen LogP contribution in [0.5, 0.6) is 11.5 Å². The molecule has 0 saturated carbocycles. The van der Waals surface area contributed by atoms with E-state index in [0.29, 0.717) is 140 Å². The van der Waals surface area contributed by atoms with Crippen LogP contribution >= 0.6 is 11.6 Å². The summed E-state index contributed by atoms with van der Waals surface area (Å²) >= 11 is 6.27. The summed E-state index contributed by atoms with van der Waals surface area (Å²) < 4.78 is 55.3. The third-order valence-electron chi connectivity index (χ3n) is 9.87. The Labute approximate surface area is 393 Å². The quantitative estimate of drug-likeness (QED) is 0.0493. The minimum absolute atomic E-state index is 0.181. The first-order valence-electron chi connectivity index (χ1n) is 22.0. The second-order valence-electron chi connectivity index (χ2n) is 14.8. The van der Waals surface area contributed by atoms with Gasteiger partial charge in [-0.1, -0.05) is 23.7 Å². The van der Waals surface area contributed by atoms with Crippen LogP contribution in [-0.4, -0.2) is 165 Å². The highest BCUT2D eigenvalue weighted by Crippen LogP contribution is 2.29. The summed E-state index contributed by atoms with van der Waals surface area (Å²) in [5, 5.41) is 17.1. The highest BCUT2D eigenvalue weighted by molar-refractivity contribution is 6.31. The predicted molar refractivity (Wildman–Crippen MR) is 241 cm³/mol. The number of carbonyl (C=O) groups is 5.